The number of benzene rings is 1. The first-order chi connectivity index (χ1) is 14.3. The van der Waals surface area contributed by atoms with E-state index in [1.807, 2.05) is 38.1 Å². The fourth-order valence-corrected chi connectivity index (χ4v) is 3.96. The van der Waals surface area contributed by atoms with Gasteiger partial charge in [-0.15, -0.1) is 0 Å². The number of rotatable bonds is 6. The number of hydrogen-bond acceptors (Lipinski definition) is 5. The van der Waals surface area contributed by atoms with Crippen molar-refractivity contribution in [3.8, 4) is 17.3 Å². The van der Waals surface area contributed by atoms with Gasteiger partial charge in [-0.3, -0.25) is 9.59 Å². The Bertz CT molecular complexity index is 982. The van der Waals surface area contributed by atoms with Gasteiger partial charge in [0.15, 0.2) is 0 Å². The number of nitrogens with two attached hydrogens (primary N) is 1. The van der Waals surface area contributed by atoms with E-state index >= 15 is 0 Å². The zero-order valence-corrected chi connectivity index (χ0v) is 17.6. The third-order valence-electron chi connectivity index (χ3n) is 5.79. The van der Waals surface area contributed by atoms with E-state index in [0.29, 0.717) is 19.3 Å². The van der Waals surface area contributed by atoms with Gasteiger partial charge in [0.1, 0.15) is 6.04 Å². The van der Waals surface area contributed by atoms with Gasteiger partial charge in [0.25, 0.3) is 5.56 Å². The van der Waals surface area contributed by atoms with Gasteiger partial charge in [-0.05, 0) is 29.9 Å². The highest BCUT2D eigenvalue weighted by molar-refractivity contribution is 5.86. The summed E-state index contributed by atoms with van der Waals surface area (Å²) in [6.45, 7) is 4.04. The van der Waals surface area contributed by atoms with Crippen LogP contribution in [0.3, 0.4) is 0 Å². The van der Waals surface area contributed by atoms with Gasteiger partial charge in [0, 0.05) is 18.1 Å². The lowest BCUT2D eigenvalue weighted by atomic mass is 9.81. The maximum atomic E-state index is 12.6. The second kappa shape index (κ2) is 9.23. The van der Waals surface area contributed by atoms with E-state index in [-0.39, 0.29) is 17.4 Å². The number of carbonyl (C=O) groups is 1. The minimum absolute atomic E-state index is 0.163. The molecule has 1 aromatic carbocycles. The first kappa shape index (κ1) is 21.7. The summed E-state index contributed by atoms with van der Waals surface area (Å²) >= 11 is 0. The van der Waals surface area contributed by atoms with Gasteiger partial charge in [-0.1, -0.05) is 57.4 Å². The van der Waals surface area contributed by atoms with E-state index in [4.69, 9.17) is 5.73 Å². The zero-order valence-electron chi connectivity index (χ0n) is 17.6. The van der Waals surface area contributed by atoms with Crippen LogP contribution < -0.4 is 16.6 Å². The second-order valence-corrected chi connectivity index (χ2v) is 8.46. The Hall–Kier alpha value is -2.98. The molecule has 0 radical (unpaired) electrons. The van der Waals surface area contributed by atoms with Crippen molar-refractivity contribution >= 4 is 5.91 Å². The molecule has 1 aliphatic rings. The lowest BCUT2D eigenvalue weighted by Crippen LogP contribution is -2.57. The number of nitriles is 1. The van der Waals surface area contributed by atoms with Crippen molar-refractivity contribution in [1.29, 1.82) is 5.26 Å². The molecule has 1 aliphatic carbocycles. The first-order valence-electron chi connectivity index (χ1n) is 10.5. The summed E-state index contributed by atoms with van der Waals surface area (Å²) in [5.41, 5.74) is 8.64. The number of carbonyl (C=O) groups excluding carboxylic acids is 1. The average Bonchev–Trinajstić information content (AvgIpc) is 2.74. The molecule has 1 unspecified atom stereocenters. The van der Waals surface area contributed by atoms with Crippen molar-refractivity contribution in [2.45, 2.75) is 69.9 Å². The van der Waals surface area contributed by atoms with Crippen LogP contribution in [0.1, 0.15) is 63.0 Å². The highest BCUT2D eigenvalue weighted by atomic mass is 16.2. The number of hydrogen-bond donors (Lipinski definition) is 3. The van der Waals surface area contributed by atoms with Crippen molar-refractivity contribution in [3.63, 3.8) is 0 Å². The fraction of sp³-hybridized carbons (Fsp3) is 0.478. The molecule has 0 saturated heterocycles. The molecule has 1 aromatic heterocycles. The smallest absolute Gasteiger partial charge is 0.264 e. The van der Waals surface area contributed by atoms with Crippen molar-refractivity contribution in [2.24, 2.45) is 5.73 Å². The van der Waals surface area contributed by atoms with E-state index in [2.05, 4.69) is 21.6 Å². The fourth-order valence-electron chi connectivity index (χ4n) is 3.96. The Morgan fingerprint density at radius 1 is 1.27 bits per heavy atom. The molecule has 0 aliphatic heterocycles. The molecule has 1 atom stereocenters. The van der Waals surface area contributed by atoms with Crippen LogP contribution in [-0.2, 0) is 11.2 Å². The van der Waals surface area contributed by atoms with Gasteiger partial charge >= 0.3 is 0 Å². The van der Waals surface area contributed by atoms with Crippen LogP contribution in [0.15, 0.2) is 35.1 Å². The predicted octanol–water partition coefficient (Wildman–Crippen LogP) is 2.77. The number of H-pyrrole nitrogens is 1. The second-order valence-electron chi connectivity index (χ2n) is 8.46. The van der Waals surface area contributed by atoms with Gasteiger partial charge in [0.05, 0.1) is 17.3 Å². The maximum absolute atomic E-state index is 12.6. The Balaban J connectivity index is 1.71. The largest absolute Gasteiger partial charge is 0.338 e. The van der Waals surface area contributed by atoms with Crippen LogP contribution >= 0.6 is 0 Å². The summed E-state index contributed by atoms with van der Waals surface area (Å²) in [5.74, 6) is -0.0691. The molecule has 3 rings (SSSR count). The first-order valence-corrected chi connectivity index (χ1v) is 10.5. The average molecular weight is 408 g/mol. The summed E-state index contributed by atoms with van der Waals surface area (Å²) in [5, 5.41) is 19.1. The molecule has 1 saturated carbocycles. The zero-order chi connectivity index (χ0) is 21.7. The summed E-state index contributed by atoms with van der Waals surface area (Å²) in [6.07, 6.45) is 4.71. The van der Waals surface area contributed by atoms with E-state index < -0.39 is 11.6 Å². The summed E-state index contributed by atoms with van der Waals surface area (Å²) in [6, 6.07) is 10.8. The molecule has 4 N–H and O–H groups in total. The summed E-state index contributed by atoms with van der Waals surface area (Å²) < 4.78 is 0. The molecule has 2 aromatic rings. The minimum Gasteiger partial charge on any atom is -0.338 e. The molecule has 0 bridgehead atoms. The molecule has 158 valence electrons. The SMILES string of the molecule is CC(C)c1cc(=O)[nH]nc1-c1ccc(CC(C#N)NC(=O)C2(N)CCCCC2)cc1. The Labute approximate surface area is 176 Å². The number of amides is 1. The molecule has 30 heavy (non-hydrogen) atoms. The molecule has 1 fully saturated rings. The molecule has 1 amide bonds. The van der Waals surface area contributed by atoms with Crippen LogP contribution in [0.25, 0.3) is 11.3 Å². The van der Waals surface area contributed by atoms with E-state index in [0.717, 1.165) is 41.6 Å². The van der Waals surface area contributed by atoms with E-state index in [1.54, 1.807) is 6.07 Å². The van der Waals surface area contributed by atoms with Crippen LogP contribution in [0.5, 0.6) is 0 Å². The normalized spacial score (nSPS) is 16.6. The third kappa shape index (κ3) is 4.95. The van der Waals surface area contributed by atoms with Crippen LogP contribution in [0, 0.1) is 11.3 Å². The molecule has 0 spiro atoms. The molecule has 7 nitrogen and oxygen atoms in total. The van der Waals surface area contributed by atoms with Gasteiger partial charge in [0.2, 0.25) is 5.91 Å². The quantitative estimate of drug-likeness (QED) is 0.679. The maximum Gasteiger partial charge on any atom is 0.264 e. The van der Waals surface area contributed by atoms with Crippen molar-refractivity contribution in [2.75, 3.05) is 0 Å². The Morgan fingerprint density at radius 2 is 1.93 bits per heavy atom. The number of nitrogens with zero attached hydrogens (tertiary/aromatic N) is 2. The van der Waals surface area contributed by atoms with Crippen molar-refractivity contribution in [1.82, 2.24) is 15.5 Å². The topological polar surface area (TPSA) is 125 Å². The van der Waals surface area contributed by atoms with Crippen molar-refractivity contribution in [3.05, 3.63) is 51.8 Å². The van der Waals surface area contributed by atoms with Gasteiger partial charge in [-0.2, -0.15) is 10.4 Å². The highest BCUT2D eigenvalue weighted by Gasteiger charge is 2.36. The molecular weight excluding hydrogens is 378 g/mol. The third-order valence-corrected chi connectivity index (χ3v) is 5.79. The van der Waals surface area contributed by atoms with Crippen LogP contribution in [-0.4, -0.2) is 27.7 Å². The summed E-state index contributed by atoms with van der Waals surface area (Å²) in [7, 11) is 0. The number of aromatic nitrogens is 2. The molecular formula is C23H29N5O2. The van der Waals surface area contributed by atoms with Crippen molar-refractivity contribution < 1.29 is 4.79 Å². The minimum atomic E-state index is -0.861. The predicted molar refractivity (Wildman–Crippen MR) is 116 cm³/mol. The molecule has 1 heterocycles. The molecule has 7 heteroatoms. The monoisotopic (exact) mass is 407 g/mol. The summed E-state index contributed by atoms with van der Waals surface area (Å²) in [4.78, 5) is 24.2. The van der Waals surface area contributed by atoms with Gasteiger partial charge in [-0.25, -0.2) is 5.10 Å². The van der Waals surface area contributed by atoms with E-state index in [1.165, 1.54) is 0 Å². The standard InChI is InChI=1S/C23H29N5O2/c1-15(2)19-13-20(29)27-28-21(19)17-8-6-16(7-9-17)12-18(14-24)26-22(30)23(25)10-4-3-5-11-23/h6-9,13,15,18H,3-5,10-12,25H2,1-2H3,(H,26,30)(H,27,29). The highest BCUT2D eigenvalue weighted by Crippen LogP contribution is 2.27. The Kier molecular flexibility index (Phi) is 6.68. The van der Waals surface area contributed by atoms with Crippen LogP contribution in [0.2, 0.25) is 0 Å². The number of nitrogens with one attached hydrogen (secondary N) is 2. The van der Waals surface area contributed by atoms with Gasteiger partial charge < -0.3 is 11.1 Å². The van der Waals surface area contributed by atoms with Crippen LogP contribution in [0.4, 0.5) is 0 Å². The Morgan fingerprint density at radius 3 is 2.53 bits per heavy atom. The lowest BCUT2D eigenvalue weighted by molar-refractivity contribution is -0.127. The number of aromatic amines is 1. The lowest BCUT2D eigenvalue weighted by Gasteiger charge is -2.32. The van der Waals surface area contributed by atoms with E-state index in [9.17, 15) is 14.9 Å².